The fourth-order valence-electron chi connectivity index (χ4n) is 3.46. The zero-order valence-electron chi connectivity index (χ0n) is 16.8. The van der Waals surface area contributed by atoms with Crippen LogP contribution in [0.25, 0.3) is 0 Å². The van der Waals surface area contributed by atoms with Crippen LogP contribution in [0.4, 0.5) is 10.8 Å². The molecule has 154 valence electrons. The van der Waals surface area contributed by atoms with Gasteiger partial charge in [0.2, 0.25) is 5.91 Å². The lowest BCUT2D eigenvalue weighted by atomic mass is 10.1. The third-order valence-electron chi connectivity index (χ3n) is 4.70. The third-order valence-corrected chi connectivity index (χ3v) is 5.70. The summed E-state index contributed by atoms with van der Waals surface area (Å²) >= 11 is 1.43. The van der Waals surface area contributed by atoms with Crippen LogP contribution in [-0.2, 0) is 17.8 Å². The van der Waals surface area contributed by atoms with E-state index in [4.69, 9.17) is 0 Å². The molecule has 0 radical (unpaired) electrons. The Morgan fingerprint density at radius 1 is 1.13 bits per heavy atom. The summed E-state index contributed by atoms with van der Waals surface area (Å²) in [5.41, 5.74) is 4.28. The number of rotatable bonds is 5. The highest BCUT2D eigenvalue weighted by atomic mass is 32.1. The van der Waals surface area contributed by atoms with Crippen LogP contribution in [0.5, 0.6) is 0 Å². The number of thiazole rings is 1. The van der Waals surface area contributed by atoms with Gasteiger partial charge in [0.1, 0.15) is 5.69 Å². The molecular formula is C21H22N6O2S. The van der Waals surface area contributed by atoms with Crippen molar-refractivity contribution in [2.75, 3.05) is 23.7 Å². The molecule has 0 saturated heterocycles. The number of aryl methyl sites for hydroxylation is 2. The molecule has 9 heteroatoms. The molecule has 3 aromatic rings. The first-order valence-corrected chi connectivity index (χ1v) is 10.4. The molecule has 1 aromatic carbocycles. The standard InChI is InChI=1S/C21H22N6O2S/c1-13-7-14(2)9-15(8-13)24-19(28)12-27-6-3-16-18(11-27)30-21(25-16)26-20(29)17-10-22-4-5-23-17/h4-5,7-10H,3,6,11-12H2,1-2H3,(H,24,28)(H,25,26,29). The summed E-state index contributed by atoms with van der Waals surface area (Å²) in [6.45, 7) is 5.72. The van der Waals surface area contributed by atoms with Crippen LogP contribution in [0.3, 0.4) is 0 Å². The molecule has 0 unspecified atom stereocenters. The lowest BCUT2D eigenvalue weighted by Gasteiger charge is -2.25. The van der Waals surface area contributed by atoms with Gasteiger partial charge in [-0.1, -0.05) is 6.07 Å². The highest BCUT2D eigenvalue weighted by Gasteiger charge is 2.23. The minimum absolute atomic E-state index is 0.0378. The van der Waals surface area contributed by atoms with Gasteiger partial charge in [-0.25, -0.2) is 9.97 Å². The molecule has 0 bridgehead atoms. The van der Waals surface area contributed by atoms with Crippen LogP contribution in [0.1, 0.15) is 32.2 Å². The minimum Gasteiger partial charge on any atom is -0.325 e. The van der Waals surface area contributed by atoms with E-state index >= 15 is 0 Å². The number of benzene rings is 1. The fourth-order valence-corrected chi connectivity index (χ4v) is 4.51. The number of carbonyl (C=O) groups is 2. The molecule has 3 heterocycles. The largest absolute Gasteiger partial charge is 0.325 e. The van der Waals surface area contributed by atoms with Gasteiger partial charge in [-0.2, -0.15) is 0 Å². The van der Waals surface area contributed by atoms with Crippen molar-refractivity contribution in [1.82, 2.24) is 19.9 Å². The SMILES string of the molecule is Cc1cc(C)cc(NC(=O)CN2CCc3nc(NC(=O)c4cnccn4)sc3C2)c1. The maximum atomic E-state index is 12.5. The number of hydrogen-bond donors (Lipinski definition) is 2. The normalized spacial score (nSPS) is 13.5. The van der Waals surface area contributed by atoms with Gasteiger partial charge < -0.3 is 5.32 Å². The zero-order chi connectivity index (χ0) is 21.1. The molecule has 8 nitrogen and oxygen atoms in total. The molecule has 2 N–H and O–H groups in total. The number of amides is 2. The molecule has 0 atom stereocenters. The number of carbonyl (C=O) groups excluding carboxylic acids is 2. The van der Waals surface area contributed by atoms with Gasteiger partial charge in [-0.15, -0.1) is 11.3 Å². The summed E-state index contributed by atoms with van der Waals surface area (Å²) in [7, 11) is 0. The number of nitrogens with zero attached hydrogens (tertiary/aromatic N) is 4. The molecule has 0 aliphatic carbocycles. The van der Waals surface area contributed by atoms with Gasteiger partial charge in [0, 0.05) is 42.5 Å². The predicted octanol–water partition coefficient (Wildman–Crippen LogP) is 2.80. The number of fused-ring (bicyclic) bond motifs is 1. The van der Waals surface area contributed by atoms with Crippen molar-refractivity contribution in [1.29, 1.82) is 0 Å². The summed E-state index contributed by atoms with van der Waals surface area (Å²) in [6, 6.07) is 6.01. The molecule has 2 aromatic heterocycles. The Morgan fingerprint density at radius 3 is 2.67 bits per heavy atom. The van der Waals surface area contributed by atoms with E-state index in [0.29, 0.717) is 18.2 Å². The Morgan fingerprint density at radius 2 is 1.93 bits per heavy atom. The summed E-state index contributed by atoms with van der Waals surface area (Å²) in [5, 5.41) is 6.30. The van der Waals surface area contributed by atoms with E-state index in [2.05, 4.69) is 36.6 Å². The Hall–Kier alpha value is -3.17. The Labute approximate surface area is 178 Å². The number of anilines is 2. The van der Waals surface area contributed by atoms with Crippen LogP contribution in [-0.4, -0.2) is 44.8 Å². The van der Waals surface area contributed by atoms with Crippen molar-refractivity contribution in [3.8, 4) is 0 Å². The van der Waals surface area contributed by atoms with Gasteiger partial charge in [-0.3, -0.25) is 24.8 Å². The first-order chi connectivity index (χ1) is 14.5. The van der Waals surface area contributed by atoms with E-state index in [1.54, 1.807) is 0 Å². The maximum Gasteiger partial charge on any atom is 0.277 e. The molecule has 1 aliphatic rings. The number of aromatic nitrogens is 3. The Bertz CT molecular complexity index is 1060. The van der Waals surface area contributed by atoms with E-state index in [9.17, 15) is 9.59 Å². The zero-order valence-corrected chi connectivity index (χ0v) is 17.6. The Balaban J connectivity index is 1.35. The molecule has 1 aliphatic heterocycles. The van der Waals surface area contributed by atoms with Crippen molar-refractivity contribution < 1.29 is 9.59 Å². The minimum atomic E-state index is -0.334. The summed E-state index contributed by atoms with van der Waals surface area (Å²) in [6.07, 6.45) is 5.15. The van der Waals surface area contributed by atoms with Crippen LogP contribution in [0.2, 0.25) is 0 Å². The summed E-state index contributed by atoms with van der Waals surface area (Å²) in [4.78, 5) is 40.3. The average Bonchev–Trinajstić information content (AvgIpc) is 3.09. The fraction of sp³-hybridized carbons (Fsp3) is 0.286. The summed E-state index contributed by atoms with van der Waals surface area (Å²) in [5.74, 6) is -0.372. The topological polar surface area (TPSA) is 100 Å². The van der Waals surface area contributed by atoms with Crippen molar-refractivity contribution in [2.45, 2.75) is 26.8 Å². The highest BCUT2D eigenvalue weighted by molar-refractivity contribution is 7.15. The lowest BCUT2D eigenvalue weighted by molar-refractivity contribution is -0.117. The molecular weight excluding hydrogens is 400 g/mol. The highest BCUT2D eigenvalue weighted by Crippen LogP contribution is 2.28. The van der Waals surface area contributed by atoms with Crippen LogP contribution >= 0.6 is 11.3 Å². The molecule has 4 rings (SSSR count). The number of nitrogens with one attached hydrogen (secondary N) is 2. The van der Waals surface area contributed by atoms with Gasteiger partial charge in [0.05, 0.1) is 18.4 Å². The quantitative estimate of drug-likeness (QED) is 0.656. The second kappa shape index (κ2) is 8.68. The van der Waals surface area contributed by atoms with E-state index in [1.807, 2.05) is 26.0 Å². The van der Waals surface area contributed by atoms with E-state index in [0.717, 1.165) is 40.4 Å². The second-order valence-corrected chi connectivity index (χ2v) is 8.40. The van der Waals surface area contributed by atoms with Crippen LogP contribution < -0.4 is 10.6 Å². The monoisotopic (exact) mass is 422 g/mol. The van der Waals surface area contributed by atoms with Gasteiger partial charge >= 0.3 is 0 Å². The molecule has 0 fully saturated rings. The van der Waals surface area contributed by atoms with Gasteiger partial charge in [0.15, 0.2) is 5.13 Å². The number of hydrogen-bond acceptors (Lipinski definition) is 7. The Kier molecular flexibility index (Phi) is 5.82. The lowest BCUT2D eigenvalue weighted by Crippen LogP contribution is -2.36. The third kappa shape index (κ3) is 4.87. The van der Waals surface area contributed by atoms with Crippen molar-refractivity contribution in [3.05, 3.63) is 64.2 Å². The molecule has 0 spiro atoms. The van der Waals surface area contributed by atoms with Crippen LogP contribution in [0, 0.1) is 13.8 Å². The molecule has 0 saturated carbocycles. The van der Waals surface area contributed by atoms with Crippen LogP contribution in [0.15, 0.2) is 36.8 Å². The van der Waals surface area contributed by atoms with Crippen molar-refractivity contribution in [3.63, 3.8) is 0 Å². The van der Waals surface area contributed by atoms with E-state index < -0.39 is 0 Å². The molecule has 30 heavy (non-hydrogen) atoms. The maximum absolute atomic E-state index is 12.5. The first-order valence-electron chi connectivity index (χ1n) is 9.63. The smallest absolute Gasteiger partial charge is 0.277 e. The predicted molar refractivity (Wildman–Crippen MR) is 116 cm³/mol. The van der Waals surface area contributed by atoms with Gasteiger partial charge in [0.25, 0.3) is 5.91 Å². The first kappa shape index (κ1) is 20.1. The van der Waals surface area contributed by atoms with Crippen molar-refractivity contribution >= 4 is 34.0 Å². The van der Waals surface area contributed by atoms with Gasteiger partial charge in [-0.05, 0) is 37.1 Å². The summed E-state index contributed by atoms with van der Waals surface area (Å²) < 4.78 is 0. The second-order valence-electron chi connectivity index (χ2n) is 7.32. The average molecular weight is 423 g/mol. The van der Waals surface area contributed by atoms with E-state index in [-0.39, 0.29) is 17.5 Å². The van der Waals surface area contributed by atoms with E-state index in [1.165, 1.54) is 29.9 Å². The molecule has 2 amide bonds. The van der Waals surface area contributed by atoms with Crippen molar-refractivity contribution in [2.24, 2.45) is 0 Å².